The van der Waals surface area contributed by atoms with Gasteiger partial charge in [-0.15, -0.1) is 0 Å². The fraction of sp³-hybridized carbons (Fsp3) is 0.391. The Hall–Kier alpha value is -3.64. The van der Waals surface area contributed by atoms with Crippen LogP contribution >= 0.6 is 0 Å². The van der Waals surface area contributed by atoms with Gasteiger partial charge in [-0.2, -0.15) is 5.26 Å². The number of aliphatic carboxylic acids is 1. The Kier molecular flexibility index (Phi) is 8.00. The van der Waals surface area contributed by atoms with Gasteiger partial charge in [0.1, 0.15) is 17.6 Å². The SMILES string of the molecule is COc1ccccc1CNC(=O)C[C@H](CN1CCN(c2ncccc2C#N)CC1)C(=O)O. The molecule has 1 amide bonds. The van der Waals surface area contributed by atoms with Crippen molar-refractivity contribution in [2.24, 2.45) is 5.92 Å². The van der Waals surface area contributed by atoms with Crippen LogP contribution in [0.1, 0.15) is 17.5 Å². The number of ether oxygens (including phenoxy) is 1. The number of carboxylic acid groups (broad SMARTS) is 1. The number of aromatic nitrogens is 1. The van der Waals surface area contributed by atoms with Crippen LogP contribution in [0.4, 0.5) is 5.82 Å². The first kappa shape index (κ1) is 23.0. The number of carbonyl (C=O) groups excluding carboxylic acids is 1. The number of carboxylic acids is 1. The van der Waals surface area contributed by atoms with Gasteiger partial charge in [0.25, 0.3) is 0 Å². The van der Waals surface area contributed by atoms with Gasteiger partial charge in [-0.3, -0.25) is 14.5 Å². The maximum atomic E-state index is 12.4. The molecule has 1 aliphatic rings. The van der Waals surface area contributed by atoms with Crippen LogP contribution < -0.4 is 15.0 Å². The van der Waals surface area contributed by atoms with Gasteiger partial charge in [0.05, 0.1) is 18.6 Å². The van der Waals surface area contributed by atoms with Crippen LogP contribution in [0.2, 0.25) is 0 Å². The minimum absolute atomic E-state index is 0.0937. The Morgan fingerprint density at radius 3 is 2.66 bits per heavy atom. The van der Waals surface area contributed by atoms with Crippen LogP contribution in [0, 0.1) is 17.2 Å². The molecule has 0 bridgehead atoms. The molecule has 1 aromatic carbocycles. The minimum Gasteiger partial charge on any atom is -0.496 e. The van der Waals surface area contributed by atoms with E-state index >= 15 is 0 Å². The van der Waals surface area contributed by atoms with Gasteiger partial charge in [-0.25, -0.2) is 4.98 Å². The van der Waals surface area contributed by atoms with E-state index in [-0.39, 0.29) is 18.9 Å². The molecule has 168 valence electrons. The maximum absolute atomic E-state index is 12.4. The van der Waals surface area contributed by atoms with Gasteiger partial charge >= 0.3 is 5.97 Å². The van der Waals surface area contributed by atoms with Crippen molar-refractivity contribution in [2.45, 2.75) is 13.0 Å². The molecule has 1 aromatic heterocycles. The number of rotatable bonds is 9. The summed E-state index contributed by atoms with van der Waals surface area (Å²) in [6.07, 6.45) is 1.57. The molecule has 2 N–H and O–H groups in total. The third kappa shape index (κ3) is 5.95. The fourth-order valence-corrected chi connectivity index (χ4v) is 3.76. The number of hydrogen-bond donors (Lipinski definition) is 2. The van der Waals surface area contributed by atoms with Crippen LogP contribution in [0.5, 0.6) is 5.75 Å². The zero-order valence-corrected chi connectivity index (χ0v) is 18.0. The van der Waals surface area contributed by atoms with E-state index in [1.807, 2.05) is 34.1 Å². The molecule has 0 radical (unpaired) electrons. The molecule has 2 aromatic rings. The van der Waals surface area contributed by atoms with E-state index < -0.39 is 11.9 Å². The highest BCUT2D eigenvalue weighted by Crippen LogP contribution is 2.19. The van der Waals surface area contributed by atoms with Crippen molar-refractivity contribution in [1.82, 2.24) is 15.2 Å². The van der Waals surface area contributed by atoms with Crippen LogP contribution in [-0.2, 0) is 16.1 Å². The average Bonchev–Trinajstić information content (AvgIpc) is 2.82. The summed E-state index contributed by atoms with van der Waals surface area (Å²) < 4.78 is 5.27. The number of anilines is 1. The predicted molar refractivity (Wildman–Crippen MR) is 118 cm³/mol. The number of benzene rings is 1. The summed E-state index contributed by atoms with van der Waals surface area (Å²) in [5.74, 6) is -0.776. The van der Waals surface area contributed by atoms with Crippen molar-refractivity contribution in [3.63, 3.8) is 0 Å². The first-order valence-corrected chi connectivity index (χ1v) is 10.5. The number of amides is 1. The monoisotopic (exact) mass is 437 g/mol. The molecule has 1 atom stereocenters. The summed E-state index contributed by atoms with van der Waals surface area (Å²) in [6.45, 7) is 3.11. The van der Waals surface area contributed by atoms with Gasteiger partial charge in [-0.1, -0.05) is 18.2 Å². The fourth-order valence-electron chi connectivity index (χ4n) is 3.76. The van der Waals surface area contributed by atoms with Crippen molar-refractivity contribution in [3.8, 4) is 11.8 Å². The molecule has 0 saturated carbocycles. The number of hydrogen-bond acceptors (Lipinski definition) is 7. The second-order valence-corrected chi connectivity index (χ2v) is 7.60. The van der Waals surface area contributed by atoms with E-state index in [9.17, 15) is 20.0 Å². The highest BCUT2D eigenvalue weighted by Gasteiger charge is 2.27. The van der Waals surface area contributed by atoms with E-state index in [0.29, 0.717) is 49.9 Å². The first-order valence-electron chi connectivity index (χ1n) is 10.5. The topological polar surface area (TPSA) is 119 Å². The average molecular weight is 438 g/mol. The number of carbonyl (C=O) groups is 2. The number of nitriles is 1. The molecule has 1 aliphatic heterocycles. The smallest absolute Gasteiger partial charge is 0.308 e. The van der Waals surface area contributed by atoms with Crippen molar-refractivity contribution in [2.75, 3.05) is 44.7 Å². The molecule has 9 heteroatoms. The lowest BCUT2D eigenvalue weighted by molar-refractivity contribution is -0.144. The molecule has 3 rings (SSSR count). The number of pyridine rings is 1. The van der Waals surface area contributed by atoms with E-state index in [4.69, 9.17) is 4.74 Å². The molecule has 32 heavy (non-hydrogen) atoms. The van der Waals surface area contributed by atoms with Gasteiger partial charge in [0.15, 0.2) is 0 Å². The summed E-state index contributed by atoms with van der Waals surface area (Å²) in [7, 11) is 1.57. The van der Waals surface area contributed by atoms with E-state index in [1.54, 1.807) is 25.4 Å². The zero-order valence-electron chi connectivity index (χ0n) is 18.0. The lowest BCUT2D eigenvalue weighted by Crippen LogP contribution is -2.49. The normalized spacial score (nSPS) is 14.9. The number of piperazine rings is 1. The largest absolute Gasteiger partial charge is 0.496 e. The minimum atomic E-state index is -0.989. The highest BCUT2D eigenvalue weighted by molar-refractivity contribution is 5.82. The number of nitrogens with one attached hydrogen (secondary N) is 1. The zero-order chi connectivity index (χ0) is 22.9. The Morgan fingerprint density at radius 2 is 1.97 bits per heavy atom. The standard InChI is InChI=1S/C23H27N5O4/c1-32-20-7-3-2-5-18(20)15-26-21(29)13-19(23(30)31)16-27-9-11-28(12-10-27)22-17(14-24)6-4-8-25-22/h2-8,19H,9-13,15-16H2,1H3,(H,26,29)(H,30,31)/t19-/m1/s1. The molecular formula is C23H27N5O4. The molecule has 0 unspecified atom stereocenters. The van der Waals surface area contributed by atoms with Crippen molar-refractivity contribution in [1.29, 1.82) is 5.26 Å². The Bertz CT molecular complexity index is 982. The van der Waals surface area contributed by atoms with Crippen molar-refractivity contribution < 1.29 is 19.4 Å². The lowest BCUT2D eigenvalue weighted by Gasteiger charge is -2.36. The third-order valence-corrected chi connectivity index (χ3v) is 5.51. The maximum Gasteiger partial charge on any atom is 0.308 e. The number of methoxy groups -OCH3 is 1. The molecular weight excluding hydrogens is 410 g/mol. The molecule has 0 aliphatic carbocycles. The molecule has 9 nitrogen and oxygen atoms in total. The van der Waals surface area contributed by atoms with Crippen LogP contribution in [0.25, 0.3) is 0 Å². The van der Waals surface area contributed by atoms with E-state index in [1.165, 1.54) is 0 Å². The van der Waals surface area contributed by atoms with E-state index in [2.05, 4.69) is 16.4 Å². The van der Waals surface area contributed by atoms with Crippen LogP contribution in [0.15, 0.2) is 42.6 Å². The molecule has 1 saturated heterocycles. The Labute approximate surface area is 187 Å². The van der Waals surface area contributed by atoms with Crippen LogP contribution in [-0.4, -0.2) is 66.7 Å². The number of nitrogens with zero attached hydrogens (tertiary/aromatic N) is 4. The molecule has 1 fully saturated rings. The molecule has 2 heterocycles. The third-order valence-electron chi connectivity index (χ3n) is 5.51. The Balaban J connectivity index is 1.51. The van der Waals surface area contributed by atoms with Crippen molar-refractivity contribution >= 4 is 17.7 Å². The summed E-state index contributed by atoms with van der Waals surface area (Å²) in [6, 6.07) is 13.0. The second kappa shape index (κ2) is 11.1. The van der Waals surface area contributed by atoms with Crippen molar-refractivity contribution in [3.05, 3.63) is 53.7 Å². The van der Waals surface area contributed by atoms with Gasteiger partial charge in [0, 0.05) is 57.4 Å². The summed E-state index contributed by atoms with van der Waals surface area (Å²) in [4.78, 5) is 32.6. The summed E-state index contributed by atoms with van der Waals surface area (Å²) >= 11 is 0. The van der Waals surface area contributed by atoms with Gasteiger partial charge in [0.2, 0.25) is 5.91 Å². The summed E-state index contributed by atoms with van der Waals surface area (Å²) in [5.41, 5.74) is 1.36. The second-order valence-electron chi connectivity index (χ2n) is 7.60. The predicted octanol–water partition coefficient (Wildman–Crippen LogP) is 1.49. The molecule has 0 spiro atoms. The van der Waals surface area contributed by atoms with Gasteiger partial charge < -0.3 is 20.1 Å². The van der Waals surface area contributed by atoms with E-state index in [0.717, 1.165) is 5.56 Å². The Morgan fingerprint density at radius 1 is 1.22 bits per heavy atom. The lowest BCUT2D eigenvalue weighted by atomic mass is 10.0. The quantitative estimate of drug-likeness (QED) is 0.606. The number of para-hydroxylation sites is 1. The first-order chi connectivity index (χ1) is 15.5. The van der Waals surface area contributed by atoms with Crippen LogP contribution in [0.3, 0.4) is 0 Å². The summed E-state index contributed by atoms with van der Waals surface area (Å²) in [5, 5.41) is 21.7. The highest BCUT2D eigenvalue weighted by atomic mass is 16.5. The van der Waals surface area contributed by atoms with Gasteiger partial charge in [-0.05, 0) is 18.2 Å².